The number of fused-ring (bicyclic) bond motifs is 1. The van der Waals surface area contributed by atoms with Crippen molar-refractivity contribution in [2.75, 3.05) is 19.6 Å². The van der Waals surface area contributed by atoms with Gasteiger partial charge >= 0.3 is 0 Å². The Labute approximate surface area is 204 Å². The van der Waals surface area contributed by atoms with Gasteiger partial charge in [-0.1, -0.05) is 30.3 Å². The highest BCUT2D eigenvalue weighted by Crippen LogP contribution is 2.46. The van der Waals surface area contributed by atoms with Crippen LogP contribution in [0, 0.1) is 11.8 Å². The highest BCUT2D eigenvalue weighted by atomic mass is 16.2. The molecule has 35 heavy (non-hydrogen) atoms. The summed E-state index contributed by atoms with van der Waals surface area (Å²) in [5, 5.41) is 5.59. The summed E-state index contributed by atoms with van der Waals surface area (Å²) in [6.45, 7) is 5.12. The number of likely N-dealkylation sites (tertiary alicyclic amines) is 1. The van der Waals surface area contributed by atoms with Crippen molar-refractivity contribution in [3.8, 4) is 11.1 Å². The molecule has 2 amide bonds. The number of carbonyl (C=O) groups excluding carboxylic acids is 2. The van der Waals surface area contributed by atoms with Crippen molar-refractivity contribution in [2.45, 2.75) is 44.7 Å². The maximum Gasteiger partial charge on any atom is 0.256 e. The van der Waals surface area contributed by atoms with E-state index >= 15 is 0 Å². The number of aryl methyl sites for hydroxylation is 1. The molecule has 1 saturated heterocycles. The van der Waals surface area contributed by atoms with Crippen molar-refractivity contribution in [1.29, 1.82) is 0 Å². The van der Waals surface area contributed by atoms with Crippen molar-refractivity contribution >= 4 is 28.6 Å². The first-order valence-corrected chi connectivity index (χ1v) is 12.8. The van der Waals surface area contributed by atoms with E-state index in [2.05, 4.69) is 54.5 Å². The van der Waals surface area contributed by atoms with Gasteiger partial charge in [-0.15, -0.1) is 0 Å². The fourth-order valence-electron chi connectivity index (χ4n) is 5.53. The van der Waals surface area contributed by atoms with Gasteiger partial charge in [-0.3, -0.25) is 24.2 Å². The van der Waals surface area contributed by atoms with Crippen LogP contribution >= 0.6 is 0 Å². The van der Waals surface area contributed by atoms with Crippen LogP contribution in [0.4, 0.5) is 0 Å². The fraction of sp³-hybridized carbons (Fsp3) is 0.429. The first-order chi connectivity index (χ1) is 17.0. The molecule has 7 nitrogen and oxygen atoms in total. The van der Waals surface area contributed by atoms with Crippen LogP contribution in [0.15, 0.2) is 53.7 Å². The van der Waals surface area contributed by atoms with E-state index in [1.54, 1.807) is 0 Å². The van der Waals surface area contributed by atoms with Crippen LogP contribution in [0.25, 0.3) is 22.0 Å². The third-order valence-corrected chi connectivity index (χ3v) is 8.00. The summed E-state index contributed by atoms with van der Waals surface area (Å²) in [6.07, 6.45) is 5.67. The molecule has 3 fully saturated rings. The normalized spacial score (nSPS) is 21.1. The highest BCUT2D eigenvalue weighted by Gasteiger charge is 2.57. The predicted octanol–water partition coefficient (Wildman–Crippen LogP) is 3.71. The van der Waals surface area contributed by atoms with Crippen LogP contribution < -0.4 is 0 Å². The molecule has 0 unspecified atom stereocenters. The van der Waals surface area contributed by atoms with Crippen LogP contribution in [0.5, 0.6) is 0 Å². The zero-order valence-electron chi connectivity index (χ0n) is 20.0. The quantitative estimate of drug-likeness (QED) is 0.555. The zero-order chi connectivity index (χ0) is 23.7. The van der Waals surface area contributed by atoms with Crippen LogP contribution in [-0.4, -0.2) is 62.4 Å². The van der Waals surface area contributed by atoms with Gasteiger partial charge in [0.25, 0.3) is 5.91 Å². The van der Waals surface area contributed by atoms with E-state index in [-0.39, 0.29) is 11.8 Å². The maximum atomic E-state index is 13.2. The molecule has 2 saturated carbocycles. The Morgan fingerprint density at radius 1 is 1.03 bits per heavy atom. The zero-order valence-corrected chi connectivity index (χ0v) is 20.0. The van der Waals surface area contributed by atoms with Crippen molar-refractivity contribution in [3.63, 3.8) is 0 Å². The lowest BCUT2D eigenvalue weighted by Crippen LogP contribution is -2.55. The number of aliphatic imine (C=N–C) groups is 1. The number of nitrogens with zero attached hydrogens (tertiary/aromatic N) is 5. The van der Waals surface area contributed by atoms with Crippen LogP contribution in [0.1, 0.15) is 38.2 Å². The third kappa shape index (κ3) is 3.39. The molecule has 7 rings (SSSR count). The second kappa shape index (κ2) is 7.51. The number of amides is 2. The van der Waals surface area contributed by atoms with Gasteiger partial charge in [0, 0.05) is 49.0 Å². The Kier molecular flexibility index (Phi) is 4.47. The van der Waals surface area contributed by atoms with E-state index in [9.17, 15) is 9.59 Å². The summed E-state index contributed by atoms with van der Waals surface area (Å²) in [7, 11) is 0. The summed E-state index contributed by atoms with van der Waals surface area (Å²) >= 11 is 0. The van der Waals surface area contributed by atoms with Gasteiger partial charge < -0.3 is 4.90 Å². The van der Waals surface area contributed by atoms with E-state index in [1.165, 1.54) is 0 Å². The van der Waals surface area contributed by atoms with Crippen LogP contribution in [0.2, 0.25) is 0 Å². The summed E-state index contributed by atoms with van der Waals surface area (Å²) < 4.78 is 2.00. The fourth-order valence-corrected chi connectivity index (χ4v) is 5.53. The Bertz CT molecular complexity index is 1370. The number of rotatable bonds is 6. The first-order valence-electron chi connectivity index (χ1n) is 12.8. The van der Waals surface area contributed by atoms with E-state index < -0.39 is 5.54 Å². The minimum absolute atomic E-state index is 0.141. The first kappa shape index (κ1) is 20.9. The molecular weight excluding hydrogens is 438 g/mol. The van der Waals surface area contributed by atoms with Crippen molar-refractivity contribution in [1.82, 2.24) is 19.6 Å². The standard InChI is InChI=1S/C28H29N5O2/c1-2-33-24-10-9-22(13-23(24)14-29-33)19-3-5-20(6-4-19)25-30-28(11-12-28)27(35)32(25)17-18-15-31(16-18)26(34)21-7-8-21/h3-6,9-10,13-14,18,21H,2,7-8,11-12,15-17H2,1H3. The maximum absolute atomic E-state index is 13.2. The van der Waals surface area contributed by atoms with Gasteiger partial charge in [-0.05, 0) is 55.9 Å². The summed E-state index contributed by atoms with van der Waals surface area (Å²) in [5.41, 5.74) is 3.88. The molecule has 0 bridgehead atoms. The molecule has 1 spiro atoms. The van der Waals surface area contributed by atoms with Gasteiger partial charge in [0.15, 0.2) is 0 Å². The van der Waals surface area contributed by atoms with E-state index in [0.717, 1.165) is 78.7 Å². The Morgan fingerprint density at radius 3 is 2.43 bits per heavy atom. The molecule has 2 aliphatic carbocycles. The van der Waals surface area contributed by atoms with Gasteiger partial charge in [-0.2, -0.15) is 5.10 Å². The molecule has 4 aliphatic rings. The molecule has 2 aliphatic heterocycles. The number of carbonyl (C=O) groups is 2. The topological polar surface area (TPSA) is 70.8 Å². The SMILES string of the molecule is CCn1ncc2cc(-c3ccc(C4=NC5(CC5)C(=O)N4CC4CN(C(=O)C5CC5)C4)cc3)ccc21. The monoisotopic (exact) mass is 467 g/mol. The molecule has 3 heterocycles. The molecule has 1 aromatic heterocycles. The molecule has 2 aromatic carbocycles. The summed E-state index contributed by atoms with van der Waals surface area (Å²) in [4.78, 5) is 34.3. The lowest BCUT2D eigenvalue weighted by atomic mass is 9.97. The third-order valence-electron chi connectivity index (χ3n) is 8.00. The average molecular weight is 468 g/mol. The summed E-state index contributed by atoms with van der Waals surface area (Å²) in [5.74, 6) is 1.83. The van der Waals surface area contributed by atoms with E-state index in [1.807, 2.05) is 20.7 Å². The minimum Gasteiger partial charge on any atom is -0.342 e. The minimum atomic E-state index is -0.522. The number of hydrogen-bond donors (Lipinski definition) is 0. The highest BCUT2D eigenvalue weighted by molar-refractivity contribution is 6.16. The molecule has 178 valence electrons. The number of benzene rings is 2. The van der Waals surface area contributed by atoms with Gasteiger partial charge in [-0.25, -0.2) is 0 Å². The lowest BCUT2D eigenvalue weighted by Gasteiger charge is -2.41. The largest absolute Gasteiger partial charge is 0.342 e. The molecule has 0 N–H and O–H groups in total. The molecule has 7 heteroatoms. The molecular formula is C28H29N5O2. The molecule has 3 aromatic rings. The number of amidine groups is 1. The molecule has 0 radical (unpaired) electrons. The number of hydrogen-bond acceptors (Lipinski definition) is 4. The predicted molar refractivity (Wildman–Crippen MR) is 134 cm³/mol. The lowest BCUT2D eigenvalue weighted by molar-refractivity contribution is -0.139. The van der Waals surface area contributed by atoms with Crippen LogP contribution in [-0.2, 0) is 16.1 Å². The van der Waals surface area contributed by atoms with Crippen molar-refractivity contribution in [3.05, 3.63) is 54.2 Å². The van der Waals surface area contributed by atoms with Gasteiger partial charge in [0.05, 0.1) is 11.7 Å². The van der Waals surface area contributed by atoms with Gasteiger partial charge in [0.2, 0.25) is 5.91 Å². The number of aromatic nitrogens is 2. The van der Waals surface area contributed by atoms with Crippen molar-refractivity contribution < 1.29 is 9.59 Å². The molecule has 0 atom stereocenters. The smallest absolute Gasteiger partial charge is 0.256 e. The van der Waals surface area contributed by atoms with E-state index in [0.29, 0.717) is 18.4 Å². The van der Waals surface area contributed by atoms with Crippen LogP contribution in [0.3, 0.4) is 0 Å². The second-order valence-electron chi connectivity index (χ2n) is 10.6. The second-order valence-corrected chi connectivity index (χ2v) is 10.6. The Morgan fingerprint density at radius 2 is 1.74 bits per heavy atom. The average Bonchev–Trinajstić information content (AvgIpc) is 3.78. The van der Waals surface area contributed by atoms with E-state index in [4.69, 9.17) is 4.99 Å². The van der Waals surface area contributed by atoms with Gasteiger partial charge in [0.1, 0.15) is 11.4 Å². The summed E-state index contributed by atoms with van der Waals surface area (Å²) in [6, 6.07) is 14.8. The Hall–Kier alpha value is -3.48. The Balaban J connectivity index is 1.10. The van der Waals surface area contributed by atoms with Crippen molar-refractivity contribution in [2.24, 2.45) is 16.8 Å².